The van der Waals surface area contributed by atoms with Crippen LogP contribution in [0.15, 0.2) is 18.2 Å². The second-order valence-electron chi connectivity index (χ2n) is 4.72. The van der Waals surface area contributed by atoms with Crippen LogP contribution < -0.4 is 11.3 Å². The first-order chi connectivity index (χ1) is 8.45. The first-order valence-electron chi connectivity index (χ1n) is 6.09. The Balaban J connectivity index is 2.65. The Kier molecular flexibility index (Phi) is 5.25. The van der Waals surface area contributed by atoms with Gasteiger partial charge in [0.2, 0.25) is 5.91 Å². The smallest absolute Gasteiger partial charge is 0.238 e. The predicted molar refractivity (Wildman–Crippen MR) is 71.4 cm³/mol. The number of hydrogen-bond donors (Lipinski definition) is 2. The molecule has 1 heterocycles. The lowest BCUT2D eigenvalue weighted by atomic mass is 10.0. The number of aromatic nitrogens is 1. The Bertz CT molecular complexity index is 408. The van der Waals surface area contributed by atoms with E-state index in [1.165, 1.54) is 0 Å². The van der Waals surface area contributed by atoms with E-state index in [-0.39, 0.29) is 17.9 Å². The summed E-state index contributed by atoms with van der Waals surface area (Å²) >= 11 is 0. The van der Waals surface area contributed by atoms with Crippen molar-refractivity contribution in [3.63, 3.8) is 0 Å². The number of carbonyl (C=O) groups excluding carboxylic acids is 1. The van der Waals surface area contributed by atoms with Crippen molar-refractivity contribution in [2.45, 2.75) is 33.4 Å². The standard InChI is InChI=1S/C13H22N4O/c1-9-6-5-7-12(15-9)8-17(4)11(3)10(2)13(18)16-14/h5-7,10-11H,8,14H2,1-4H3,(H,16,18). The molecule has 0 aliphatic rings. The van der Waals surface area contributed by atoms with Gasteiger partial charge in [0.05, 0.1) is 11.6 Å². The summed E-state index contributed by atoms with van der Waals surface area (Å²) in [4.78, 5) is 18.0. The van der Waals surface area contributed by atoms with Gasteiger partial charge in [-0.05, 0) is 33.0 Å². The number of hydrazine groups is 1. The van der Waals surface area contributed by atoms with Crippen LogP contribution in [0.4, 0.5) is 0 Å². The molecule has 0 fully saturated rings. The first-order valence-corrected chi connectivity index (χ1v) is 6.09. The SMILES string of the molecule is Cc1cccc(CN(C)C(C)C(C)C(=O)NN)n1. The molecule has 5 nitrogen and oxygen atoms in total. The molecule has 0 bridgehead atoms. The van der Waals surface area contributed by atoms with Crippen molar-refractivity contribution in [3.05, 3.63) is 29.6 Å². The van der Waals surface area contributed by atoms with E-state index < -0.39 is 0 Å². The van der Waals surface area contributed by atoms with Gasteiger partial charge in [-0.3, -0.25) is 20.1 Å². The summed E-state index contributed by atoms with van der Waals surface area (Å²) in [6.45, 7) is 6.56. The van der Waals surface area contributed by atoms with Crippen LogP contribution in [0, 0.1) is 12.8 Å². The number of nitrogens with one attached hydrogen (secondary N) is 1. The number of amides is 1. The number of nitrogens with zero attached hydrogens (tertiary/aromatic N) is 2. The van der Waals surface area contributed by atoms with Crippen molar-refractivity contribution in [2.24, 2.45) is 11.8 Å². The van der Waals surface area contributed by atoms with Gasteiger partial charge in [0, 0.05) is 18.3 Å². The maximum atomic E-state index is 11.5. The fourth-order valence-corrected chi connectivity index (χ4v) is 1.82. The quantitative estimate of drug-likeness (QED) is 0.461. The molecule has 0 aliphatic carbocycles. The Morgan fingerprint density at radius 2 is 2.17 bits per heavy atom. The molecule has 0 radical (unpaired) electrons. The largest absolute Gasteiger partial charge is 0.297 e. The normalized spacial score (nSPS) is 14.3. The lowest BCUT2D eigenvalue weighted by molar-refractivity contribution is -0.126. The van der Waals surface area contributed by atoms with Crippen molar-refractivity contribution >= 4 is 5.91 Å². The van der Waals surface area contributed by atoms with Crippen molar-refractivity contribution < 1.29 is 4.79 Å². The van der Waals surface area contributed by atoms with Crippen LogP contribution in [0.1, 0.15) is 25.2 Å². The lowest BCUT2D eigenvalue weighted by Crippen LogP contribution is -2.44. The lowest BCUT2D eigenvalue weighted by Gasteiger charge is -2.28. The molecule has 5 heteroatoms. The van der Waals surface area contributed by atoms with Crippen molar-refractivity contribution in [1.29, 1.82) is 0 Å². The zero-order valence-electron chi connectivity index (χ0n) is 11.5. The zero-order valence-corrected chi connectivity index (χ0v) is 11.5. The molecule has 0 aromatic carbocycles. The minimum absolute atomic E-state index is 0.0934. The number of aryl methyl sites for hydroxylation is 1. The highest BCUT2D eigenvalue weighted by Gasteiger charge is 2.23. The van der Waals surface area contributed by atoms with Gasteiger partial charge in [0.1, 0.15) is 0 Å². The molecular weight excluding hydrogens is 228 g/mol. The van der Waals surface area contributed by atoms with Crippen LogP contribution in [-0.4, -0.2) is 28.9 Å². The van der Waals surface area contributed by atoms with Crippen LogP contribution in [-0.2, 0) is 11.3 Å². The van der Waals surface area contributed by atoms with Crippen molar-refractivity contribution in [3.8, 4) is 0 Å². The van der Waals surface area contributed by atoms with E-state index in [4.69, 9.17) is 5.84 Å². The summed E-state index contributed by atoms with van der Waals surface area (Å²) in [5.74, 6) is 4.84. The molecule has 2 unspecified atom stereocenters. The Morgan fingerprint density at radius 3 is 2.72 bits per heavy atom. The fourth-order valence-electron chi connectivity index (χ4n) is 1.82. The van der Waals surface area contributed by atoms with Gasteiger partial charge >= 0.3 is 0 Å². The van der Waals surface area contributed by atoms with Gasteiger partial charge < -0.3 is 0 Å². The highest BCUT2D eigenvalue weighted by Crippen LogP contribution is 2.12. The van der Waals surface area contributed by atoms with E-state index >= 15 is 0 Å². The van der Waals surface area contributed by atoms with E-state index in [0.29, 0.717) is 6.54 Å². The molecule has 1 aromatic heterocycles. The molecule has 3 N–H and O–H groups in total. The number of rotatable bonds is 5. The average Bonchev–Trinajstić information content (AvgIpc) is 2.36. The third-order valence-electron chi connectivity index (χ3n) is 3.33. The van der Waals surface area contributed by atoms with Gasteiger partial charge in [0.15, 0.2) is 0 Å². The molecule has 0 aliphatic heterocycles. The monoisotopic (exact) mass is 250 g/mol. The average molecular weight is 250 g/mol. The van der Waals surface area contributed by atoms with Gasteiger partial charge in [-0.1, -0.05) is 13.0 Å². The summed E-state index contributed by atoms with van der Waals surface area (Å²) in [5, 5.41) is 0. The molecular formula is C13H22N4O. The zero-order chi connectivity index (χ0) is 13.7. The van der Waals surface area contributed by atoms with Crippen molar-refractivity contribution in [2.75, 3.05) is 7.05 Å². The van der Waals surface area contributed by atoms with E-state index in [2.05, 4.69) is 15.3 Å². The van der Waals surface area contributed by atoms with E-state index in [1.807, 2.05) is 46.0 Å². The fraction of sp³-hybridized carbons (Fsp3) is 0.538. The van der Waals surface area contributed by atoms with Crippen molar-refractivity contribution in [1.82, 2.24) is 15.3 Å². The summed E-state index contributed by atoms with van der Waals surface area (Å²) in [7, 11) is 1.98. The van der Waals surface area contributed by atoms with Crippen LogP contribution in [0.5, 0.6) is 0 Å². The second kappa shape index (κ2) is 6.47. The second-order valence-corrected chi connectivity index (χ2v) is 4.72. The van der Waals surface area contributed by atoms with Crippen LogP contribution >= 0.6 is 0 Å². The molecule has 0 saturated heterocycles. The molecule has 1 rings (SSSR count). The summed E-state index contributed by atoms with van der Waals surface area (Å²) in [6.07, 6.45) is 0. The topological polar surface area (TPSA) is 71.2 Å². The van der Waals surface area contributed by atoms with Gasteiger partial charge in [-0.15, -0.1) is 0 Å². The molecule has 0 saturated carbocycles. The number of carbonyl (C=O) groups is 1. The summed E-state index contributed by atoms with van der Waals surface area (Å²) in [6, 6.07) is 6.05. The minimum atomic E-state index is -0.162. The summed E-state index contributed by atoms with van der Waals surface area (Å²) < 4.78 is 0. The molecule has 1 aromatic rings. The van der Waals surface area contributed by atoms with Gasteiger partial charge in [-0.2, -0.15) is 0 Å². The van der Waals surface area contributed by atoms with E-state index in [9.17, 15) is 4.79 Å². The third-order valence-corrected chi connectivity index (χ3v) is 3.33. The molecule has 2 atom stereocenters. The molecule has 1 amide bonds. The van der Waals surface area contributed by atoms with Crippen LogP contribution in [0.3, 0.4) is 0 Å². The van der Waals surface area contributed by atoms with E-state index in [0.717, 1.165) is 11.4 Å². The van der Waals surface area contributed by atoms with Gasteiger partial charge in [0.25, 0.3) is 0 Å². The number of hydrogen-bond acceptors (Lipinski definition) is 4. The number of nitrogens with two attached hydrogens (primary N) is 1. The maximum absolute atomic E-state index is 11.5. The molecule has 0 spiro atoms. The maximum Gasteiger partial charge on any atom is 0.238 e. The van der Waals surface area contributed by atoms with Crippen LogP contribution in [0.2, 0.25) is 0 Å². The number of pyridine rings is 1. The Labute approximate surface area is 108 Å². The van der Waals surface area contributed by atoms with E-state index in [1.54, 1.807) is 0 Å². The van der Waals surface area contributed by atoms with Crippen LogP contribution in [0.25, 0.3) is 0 Å². The van der Waals surface area contributed by atoms with Gasteiger partial charge in [-0.25, -0.2) is 5.84 Å². The molecule has 100 valence electrons. The molecule has 18 heavy (non-hydrogen) atoms. The Hall–Kier alpha value is -1.46. The highest BCUT2D eigenvalue weighted by molar-refractivity contribution is 5.78. The third kappa shape index (κ3) is 3.78. The Morgan fingerprint density at radius 1 is 1.50 bits per heavy atom. The predicted octanol–water partition coefficient (Wildman–Crippen LogP) is 0.836. The minimum Gasteiger partial charge on any atom is -0.297 e. The first kappa shape index (κ1) is 14.6. The summed E-state index contributed by atoms with van der Waals surface area (Å²) in [5.41, 5.74) is 4.20. The highest BCUT2D eigenvalue weighted by atomic mass is 16.2.